The molecule has 5 heteroatoms. The molecule has 7 aliphatic rings. The molecule has 0 N–H and O–H groups in total. The Hall–Kier alpha value is -1.10. The number of hydrogen-bond acceptors (Lipinski definition) is 5. The molecule has 1 unspecified atom stereocenters. The number of esters is 2. The zero-order valence-electron chi connectivity index (χ0n) is 24.1. The second-order valence-corrected chi connectivity index (χ2v) is 15.5. The molecule has 37 heavy (non-hydrogen) atoms. The molecule has 0 amide bonds. The number of carbonyl (C=O) groups is 2. The van der Waals surface area contributed by atoms with Gasteiger partial charge in [0.05, 0.1) is 0 Å². The van der Waals surface area contributed by atoms with E-state index in [2.05, 4.69) is 39.5 Å². The van der Waals surface area contributed by atoms with E-state index < -0.39 is 11.0 Å². The summed E-state index contributed by atoms with van der Waals surface area (Å²) in [5.41, 5.74) is -0.0154. The lowest BCUT2D eigenvalue weighted by molar-refractivity contribution is -0.187. The summed E-state index contributed by atoms with van der Waals surface area (Å²) in [4.78, 5) is 28.6. The molecule has 206 valence electrons. The number of fused-ring (bicyclic) bond motifs is 4. The zero-order chi connectivity index (χ0) is 26.2. The fraction of sp³-hybridized carbons (Fsp3) is 0.938. The van der Waals surface area contributed by atoms with Crippen LogP contribution in [0.5, 0.6) is 0 Å². The van der Waals surface area contributed by atoms with Crippen LogP contribution in [0.15, 0.2) is 0 Å². The lowest BCUT2D eigenvalue weighted by atomic mass is 9.41. The summed E-state index contributed by atoms with van der Waals surface area (Å²) in [7, 11) is 0. The van der Waals surface area contributed by atoms with Crippen molar-refractivity contribution in [1.29, 1.82) is 0 Å². The summed E-state index contributed by atoms with van der Waals surface area (Å²) >= 11 is 0. The fourth-order valence-electron chi connectivity index (χ4n) is 12.8. The molecule has 5 nitrogen and oxygen atoms in total. The van der Waals surface area contributed by atoms with Gasteiger partial charge < -0.3 is 9.47 Å². The smallest absolute Gasteiger partial charge is 0.316 e. The van der Waals surface area contributed by atoms with Crippen LogP contribution in [-0.2, 0) is 19.1 Å². The summed E-state index contributed by atoms with van der Waals surface area (Å²) < 4.78 is 12.0. The standard InChI is InChI=1S/C32H49NO4/c1-19(2)22-10-14-28(4)21-9-16-31-13-7-8-24(31)32(28,26(22)33(31)18-21)17-11-23-29(5)15-12-25(36-20(3)34)30(23,6)27(35)37-29/h19,21-26H,7-18H2,1-6H3/t21-,22-,23+,24-,25+,26+,28-,29+,30+,31-,32+/m1/s1. The first-order valence-corrected chi connectivity index (χ1v) is 15.6. The quantitative estimate of drug-likeness (QED) is 0.415. The van der Waals surface area contributed by atoms with E-state index in [9.17, 15) is 9.59 Å². The van der Waals surface area contributed by atoms with Crippen LogP contribution >= 0.6 is 0 Å². The highest BCUT2D eigenvalue weighted by molar-refractivity contribution is 5.82. The Balaban J connectivity index is 1.31. The van der Waals surface area contributed by atoms with Gasteiger partial charge in [0.15, 0.2) is 0 Å². The first-order chi connectivity index (χ1) is 17.4. The molecule has 12 atom stereocenters. The molecule has 4 aliphatic heterocycles. The van der Waals surface area contributed by atoms with Crippen molar-refractivity contribution in [3.8, 4) is 0 Å². The van der Waals surface area contributed by atoms with Gasteiger partial charge in [-0.15, -0.1) is 0 Å². The molecule has 1 spiro atoms. The van der Waals surface area contributed by atoms with Crippen molar-refractivity contribution in [2.24, 2.45) is 45.8 Å². The normalized spacial score (nSPS) is 56.9. The summed E-state index contributed by atoms with van der Waals surface area (Å²) in [6.45, 7) is 14.7. The zero-order valence-corrected chi connectivity index (χ0v) is 24.1. The number of hydrogen-bond donors (Lipinski definition) is 0. The average molecular weight is 512 g/mol. The Morgan fingerprint density at radius 1 is 1.08 bits per heavy atom. The first kappa shape index (κ1) is 24.9. The third kappa shape index (κ3) is 2.72. The van der Waals surface area contributed by atoms with Gasteiger partial charge in [-0.2, -0.15) is 0 Å². The Labute approximate surface area is 223 Å². The molecule has 7 bridgehead atoms. The van der Waals surface area contributed by atoms with Crippen LogP contribution in [0.25, 0.3) is 0 Å². The minimum absolute atomic E-state index is 0.104. The van der Waals surface area contributed by atoms with Crippen molar-refractivity contribution in [2.75, 3.05) is 6.54 Å². The number of nitrogens with zero attached hydrogens (tertiary/aromatic N) is 1. The fourth-order valence-corrected chi connectivity index (χ4v) is 12.8. The van der Waals surface area contributed by atoms with Gasteiger partial charge >= 0.3 is 11.9 Å². The average Bonchev–Trinajstić information content (AvgIpc) is 3.35. The molecule has 7 rings (SSSR count). The highest BCUT2D eigenvalue weighted by Gasteiger charge is 2.80. The Morgan fingerprint density at radius 2 is 1.86 bits per heavy atom. The molecule has 3 saturated carbocycles. The van der Waals surface area contributed by atoms with Crippen LogP contribution < -0.4 is 0 Å². The van der Waals surface area contributed by atoms with Crippen LogP contribution in [0.2, 0.25) is 0 Å². The van der Waals surface area contributed by atoms with Gasteiger partial charge in [-0.25, -0.2) is 0 Å². The minimum Gasteiger partial charge on any atom is -0.461 e. The van der Waals surface area contributed by atoms with Gasteiger partial charge in [0, 0.05) is 31.0 Å². The van der Waals surface area contributed by atoms with E-state index >= 15 is 0 Å². The van der Waals surface area contributed by atoms with E-state index in [-0.39, 0.29) is 24.0 Å². The van der Waals surface area contributed by atoms with Crippen LogP contribution in [0.3, 0.4) is 0 Å². The molecule has 4 heterocycles. The minimum atomic E-state index is -0.734. The Kier molecular flexibility index (Phi) is 5.08. The van der Waals surface area contributed by atoms with E-state index in [1.165, 1.54) is 64.8 Å². The second-order valence-electron chi connectivity index (χ2n) is 15.5. The maximum Gasteiger partial charge on any atom is 0.316 e. The van der Waals surface area contributed by atoms with E-state index in [0.29, 0.717) is 28.3 Å². The lowest BCUT2D eigenvalue weighted by Gasteiger charge is -2.67. The number of rotatable bonds is 5. The maximum atomic E-state index is 13.5. The molecule has 0 aromatic heterocycles. The van der Waals surface area contributed by atoms with Crippen molar-refractivity contribution < 1.29 is 19.1 Å². The molecular formula is C32H49NO4. The molecular weight excluding hydrogens is 462 g/mol. The molecule has 3 aliphatic carbocycles. The van der Waals surface area contributed by atoms with Crippen molar-refractivity contribution >= 4 is 11.9 Å². The van der Waals surface area contributed by atoms with E-state index in [0.717, 1.165) is 37.0 Å². The van der Waals surface area contributed by atoms with Gasteiger partial charge in [0.2, 0.25) is 0 Å². The number of carbonyl (C=O) groups excluding carboxylic acids is 2. The van der Waals surface area contributed by atoms with E-state index in [4.69, 9.17) is 9.47 Å². The van der Waals surface area contributed by atoms with Gasteiger partial charge in [-0.1, -0.05) is 27.2 Å². The predicted octanol–water partition coefficient (Wildman–Crippen LogP) is 6.14. The van der Waals surface area contributed by atoms with Crippen LogP contribution in [0, 0.1) is 45.8 Å². The first-order valence-electron chi connectivity index (χ1n) is 15.6. The lowest BCUT2D eigenvalue weighted by Crippen LogP contribution is -2.68. The monoisotopic (exact) mass is 511 g/mol. The molecule has 7 fully saturated rings. The molecule has 0 aromatic carbocycles. The number of ether oxygens (including phenoxy) is 2. The van der Waals surface area contributed by atoms with Crippen LogP contribution in [-0.4, -0.2) is 46.7 Å². The summed E-state index contributed by atoms with van der Waals surface area (Å²) in [6, 6.07) is 0.691. The van der Waals surface area contributed by atoms with E-state index in [1.807, 2.05) is 0 Å². The SMILES string of the molecule is CC(=O)O[C@H]1CC[C@]2(C)OC(=O)[C@@]1(C)[C@H]2CC[C@]12[C@@H]3[C@@H](C(C)C)CC[C@]1(C)[C@@H]1CC[C@@]4(CCC[C@H]42)N3C1. The van der Waals surface area contributed by atoms with Crippen molar-refractivity contribution in [3.63, 3.8) is 0 Å². The third-order valence-electron chi connectivity index (χ3n) is 14.3. The van der Waals surface area contributed by atoms with Crippen LogP contribution in [0.1, 0.15) is 112 Å². The molecule has 4 saturated heterocycles. The van der Waals surface area contributed by atoms with Gasteiger partial charge in [-0.3, -0.25) is 14.5 Å². The van der Waals surface area contributed by atoms with Gasteiger partial charge in [0.1, 0.15) is 17.1 Å². The molecule has 0 radical (unpaired) electrons. The topological polar surface area (TPSA) is 55.8 Å². The Bertz CT molecular complexity index is 1030. The molecule has 0 aromatic rings. The van der Waals surface area contributed by atoms with Crippen LogP contribution in [0.4, 0.5) is 0 Å². The van der Waals surface area contributed by atoms with Crippen molar-refractivity contribution in [3.05, 3.63) is 0 Å². The summed E-state index contributed by atoms with van der Waals surface area (Å²) in [5, 5.41) is 0. The maximum absolute atomic E-state index is 13.5. The largest absolute Gasteiger partial charge is 0.461 e. The highest BCUT2D eigenvalue weighted by Crippen LogP contribution is 2.79. The number of piperidine rings is 2. The predicted molar refractivity (Wildman–Crippen MR) is 142 cm³/mol. The van der Waals surface area contributed by atoms with Crippen molar-refractivity contribution in [1.82, 2.24) is 4.90 Å². The van der Waals surface area contributed by atoms with Crippen molar-refractivity contribution in [2.45, 2.75) is 135 Å². The third-order valence-corrected chi connectivity index (χ3v) is 14.3. The summed E-state index contributed by atoms with van der Waals surface area (Å²) in [5.74, 6) is 2.78. The Morgan fingerprint density at radius 3 is 2.59 bits per heavy atom. The van der Waals surface area contributed by atoms with Gasteiger partial charge in [0.25, 0.3) is 0 Å². The highest BCUT2D eigenvalue weighted by atomic mass is 16.6. The summed E-state index contributed by atoms with van der Waals surface area (Å²) in [6.07, 6.45) is 13.1. The van der Waals surface area contributed by atoms with Gasteiger partial charge in [-0.05, 0) is 113 Å². The second kappa shape index (κ2) is 7.55. The van der Waals surface area contributed by atoms with E-state index in [1.54, 1.807) is 0 Å².